The van der Waals surface area contributed by atoms with Crippen molar-refractivity contribution in [2.45, 2.75) is 161 Å². The van der Waals surface area contributed by atoms with Gasteiger partial charge in [0.1, 0.15) is 11.5 Å². The van der Waals surface area contributed by atoms with E-state index in [2.05, 4.69) is 23.3 Å². The maximum atomic E-state index is 12.2. The molecule has 0 N–H and O–H groups in total. The highest BCUT2D eigenvalue weighted by atomic mass is 19.3. The van der Waals surface area contributed by atoms with Gasteiger partial charge in [0.15, 0.2) is 0 Å². The summed E-state index contributed by atoms with van der Waals surface area (Å²) in [5.74, 6) is 3.48. The first-order valence-electron chi connectivity index (χ1n) is 18.0. The second-order valence-electron chi connectivity index (χ2n) is 13.4. The van der Waals surface area contributed by atoms with Gasteiger partial charge in [-0.25, -0.2) is 0 Å². The summed E-state index contributed by atoms with van der Waals surface area (Å²) < 4.78 is 57.4. The van der Waals surface area contributed by atoms with Crippen molar-refractivity contribution < 1.29 is 27.0 Å². The standard InChI is InChI=1S/C20H30F2O.C19H28F2O/c1-2-3-4-5-6-7-16-8-10-17(11-9-16)18-12-14-19(15-13-18)23-20(21)22;1-2-3-4-5-6-15-7-9-16(10-8-15)17-11-13-18(14-12-17)22-19(20)21/h12-17,20H,2-11H2,1H3;11-16,19H,2-10H2,1H3. The van der Waals surface area contributed by atoms with Crippen LogP contribution in [0.2, 0.25) is 0 Å². The van der Waals surface area contributed by atoms with Crippen molar-refractivity contribution in [1.29, 1.82) is 0 Å². The minimum atomic E-state index is -2.74. The van der Waals surface area contributed by atoms with E-state index in [1.54, 1.807) is 24.3 Å². The van der Waals surface area contributed by atoms with Crippen LogP contribution in [0.25, 0.3) is 0 Å². The fourth-order valence-corrected chi connectivity index (χ4v) is 7.31. The molecule has 0 aliphatic heterocycles. The van der Waals surface area contributed by atoms with Gasteiger partial charge in [-0.15, -0.1) is 0 Å². The monoisotopic (exact) mass is 634 g/mol. The van der Waals surface area contributed by atoms with Crippen LogP contribution < -0.4 is 9.47 Å². The van der Waals surface area contributed by atoms with E-state index < -0.39 is 13.2 Å². The highest BCUT2D eigenvalue weighted by molar-refractivity contribution is 5.30. The van der Waals surface area contributed by atoms with Crippen LogP contribution in [-0.2, 0) is 0 Å². The van der Waals surface area contributed by atoms with Crippen molar-refractivity contribution in [3.05, 3.63) is 59.7 Å². The Kier molecular flexibility index (Phi) is 17.8. The highest BCUT2D eigenvalue weighted by Gasteiger charge is 2.23. The molecule has 0 amide bonds. The number of hydrogen-bond donors (Lipinski definition) is 0. The Hall–Kier alpha value is -2.24. The summed E-state index contributed by atoms with van der Waals surface area (Å²) in [5.41, 5.74) is 2.54. The van der Waals surface area contributed by atoms with Crippen molar-refractivity contribution in [2.75, 3.05) is 0 Å². The number of ether oxygens (including phenoxy) is 2. The van der Waals surface area contributed by atoms with Crippen LogP contribution in [-0.4, -0.2) is 13.2 Å². The first-order chi connectivity index (χ1) is 21.9. The van der Waals surface area contributed by atoms with Crippen LogP contribution in [0, 0.1) is 11.8 Å². The molecule has 2 fully saturated rings. The minimum Gasteiger partial charge on any atom is -0.435 e. The molecule has 254 valence electrons. The summed E-state index contributed by atoms with van der Waals surface area (Å²) in [6.45, 7) is -0.974. The summed E-state index contributed by atoms with van der Waals surface area (Å²) in [6.07, 6.45) is 25.2. The van der Waals surface area contributed by atoms with Gasteiger partial charge in [0.25, 0.3) is 0 Å². The predicted molar refractivity (Wildman–Crippen MR) is 178 cm³/mol. The molecule has 4 rings (SSSR count). The van der Waals surface area contributed by atoms with Gasteiger partial charge in [0.05, 0.1) is 0 Å². The second kappa shape index (κ2) is 21.5. The van der Waals surface area contributed by atoms with Gasteiger partial charge in [-0.05, 0) is 110 Å². The summed E-state index contributed by atoms with van der Waals surface area (Å²) in [5, 5.41) is 0. The fourth-order valence-electron chi connectivity index (χ4n) is 7.31. The summed E-state index contributed by atoms with van der Waals surface area (Å²) in [7, 11) is 0. The highest BCUT2D eigenvalue weighted by Crippen LogP contribution is 2.39. The molecule has 2 nitrogen and oxygen atoms in total. The summed E-state index contributed by atoms with van der Waals surface area (Å²) in [4.78, 5) is 0. The largest absolute Gasteiger partial charge is 0.435 e. The van der Waals surface area contributed by atoms with Crippen LogP contribution >= 0.6 is 0 Å². The van der Waals surface area contributed by atoms with Crippen molar-refractivity contribution >= 4 is 0 Å². The summed E-state index contributed by atoms with van der Waals surface area (Å²) in [6, 6.07) is 14.5. The van der Waals surface area contributed by atoms with Gasteiger partial charge in [-0.1, -0.05) is 109 Å². The molecule has 0 bridgehead atoms. The second-order valence-corrected chi connectivity index (χ2v) is 13.4. The van der Waals surface area contributed by atoms with Crippen molar-refractivity contribution in [3.8, 4) is 11.5 Å². The first-order valence-corrected chi connectivity index (χ1v) is 18.0. The Balaban J connectivity index is 0.000000246. The molecule has 0 atom stereocenters. The van der Waals surface area contributed by atoms with E-state index >= 15 is 0 Å². The number of halogens is 4. The van der Waals surface area contributed by atoms with E-state index in [0.717, 1.165) is 11.8 Å². The molecule has 2 aliphatic carbocycles. The lowest BCUT2D eigenvalue weighted by molar-refractivity contribution is -0.0505. The van der Waals surface area contributed by atoms with Crippen molar-refractivity contribution in [2.24, 2.45) is 11.8 Å². The first kappa shape index (κ1) is 37.2. The van der Waals surface area contributed by atoms with Gasteiger partial charge in [-0.2, -0.15) is 17.6 Å². The van der Waals surface area contributed by atoms with Gasteiger partial charge < -0.3 is 9.47 Å². The third-order valence-corrected chi connectivity index (χ3v) is 10.0. The Morgan fingerprint density at radius 3 is 1.16 bits per heavy atom. The molecule has 0 saturated heterocycles. The maximum Gasteiger partial charge on any atom is 0.387 e. The van der Waals surface area contributed by atoms with Crippen LogP contribution in [0.3, 0.4) is 0 Å². The van der Waals surface area contributed by atoms with Crippen molar-refractivity contribution in [3.63, 3.8) is 0 Å². The van der Waals surface area contributed by atoms with Gasteiger partial charge in [0.2, 0.25) is 0 Å². The molecule has 0 heterocycles. The topological polar surface area (TPSA) is 18.5 Å². The summed E-state index contributed by atoms with van der Waals surface area (Å²) >= 11 is 0. The Labute approximate surface area is 270 Å². The number of unbranched alkanes of at least 4 members (excludes halogenated alkanes) is 7. The molecule has 2 aliphatic rings. The average molecular weight is 635 g/mol. The normalized spacial score (nSPS) is 21.8. The van der Waals surface area contributed by atoms with E-state index in [4.69, 9.17) is 0 Å². The molecular formula is C39H58F4O2. The average Bonchev–Trinajstić information content (AvgIpc) is 3.04. The lowest BCUT2D eigenvalue weighted by Crippen LogP contribution is -2.13. The quantitative estimate of drug-likeness (QED) is 0.127. The van der Waals surface area contributed by atoms with Crippen LogP contribution in [0.1, 0.15) is 159 Å². The number of benzene rings is 2. The SMILES string of the molecule is CCCCCCC1CCC(c2ccc(OC(F)F)cc2)CC1.CCCCCCCC1CCC(c2ccc(OC(F)F)cc2)CC1. The molecule has 2 saturated carbocycles. The fraction of sp³-hybridized carbons (Fsp3) is 0.692. The third-order valence-electron chi connectivity index (χ3n) is 10.0. The number of hydrogen-bond acceptors (Lipinski definition) is 2. The molecule has 2 aromatic rings. The van der Waals surface area contributed by atoms with E-state index in [0.29, 0.717) is 11.8 Å². The van der Waals surface area contributed by atoms with E-state index in [-0.39, 0.29) is 11.5 Å². The maximum absolute atomic E-state index is 12.2. The smallest absolute Gasteiger partial charge is 0.387 e. The Morgan fingerprint density at radius 2 is 0.822 bits per heavy atom. The molecule has 2 aromatic carbocycles. The zero-order valence-electron chi connectivity index (χ0n) is 27.8. The van der Waals surface area contributed by atoms with Crippen LogP contribution in [0.4, 0.5) is 17.6 Å². The van der Waals surface area contributed by atoms with Crippen LogP contribution in [0.15, 0.2) is 48.5 Å². The molecular weight excluding hydrogens is 576 g/mol. The molecule has 0 aromatic heterocycles. The van der Waals surface area contributed by atoms with Crippen molar-refractivity contribution in [1.82, 2.24) is 0 Å². The zero-order chi connectivity index (χ0) is 32.3. The number of alkyl halides is 4. The molecule has 0 radical (unpaired) electrons. The van der Waals surface area contributed by atoms with E-state index in [9.17, 15) is 17.6 Å². The molecule has 6 heteroatoms. The van der Waals surface area contributed by atoms with Gasteiger partial charge >= 0.3 is 13.2 Å². The van der Waals surface area contributed by atoms with Gasteiger partial charge in [0, 0.05) is 0 Å². The minimum absolute atomic E-state index is 0.253. The molecule has 45 heavy (non-hydrogen) atoms. The van der Waals surface area contributed by atoms with E-state index in [1.807, 2.05) is 24.3 Å². The number of rotatable bonds is 17. The third kappa shape index (κ3) is 14.8. The Bertz CT molecular complexity index is 995. The molecule has 0 spiro atoms. The lowest BCUT2D eigenvalue weighted by atomic mass is 9.77. The van der Waals surface area contributed by atoms with Gasteiger partial charge in [-0.3, -0.25) is 0 Å². The zero-order valence-corrected chi connectivity index (χ0v) is 27.8. The molecule has 0 unspecified atom stereocenters. The lowest BCUT2D eigenvalue weighted by Gasteiger charge is -2.29. The van der Waals surface area contributed by atoms with E-state index in [1.165, 1.54) is 133 Å². The van der Waals surface area contributed by atoms with Crippen LogP contribution in [0.5, 0.6) is 11.5 Å². The Morgan fingerprint density at radius 1 is 0.489 bits per heavy atom. The predicted octanol–water partition coefficient (Wildman–Crippen LogP) is 13.5.